The van der Waals surface area contributed by atoms with E-state index in [1.165, 1.54) is 13.2 Å². The number of carbonyl (C=O) groups excluding carboxylic acids is 1. The van der Waals surface area contributed by atoms with Crippen molar-refractivity contribution in [2.24, 2.45) is 0 Å². The molecule has 0 saturated carbocycles. The summed E-state index contributed by atoms with van der Waals surface area (Å²) in [7, 11) is -2.96. The Bertz CT molecular complexity index is 471. The van der Waals surface area contributed by atoms with Gasteiger partial charge in [0.15, 0.2) is 5.78 Å². The van der Waals surface area contributed by atoms with Crippen molar-refractivity contribution in [2.75, 3.05) is 12.0 Å². The highest BCUT2D eigenvalue weighted by atomic mass is 32.2. The number of ketones is 1. The summed E-state index contributed by atoms with van der Waals surface area (Å²) in [5.41, 5.74) is 1.59. The van der Waals surface area contributed by atoms with Crippen molar-refractivity contribution >= 4 is 15.6 Å². The average Bonchev–Trinajstić information content (AvgIpc) is 2.15. The van der Waals surface area contributed by atoms with Crippen molar-refractivity contribution in [2.45, 2.75) is 19.8 Å². The summed E-state index contributed by atoms with van der Waals surface area (Å²) < 4.78 is 22.3. The number of carbonyl (C=O) groups is 1. The van der Waals surface area contributed by atoms with Gasteiger partial charge >= 0.3 is 0 Å². The molecule has 0 radical (unpaired) electrons. The predicted molar refractivity (Wildman–Crippen MR) is 64.6 cm³/mol. The molecule has 0 aliphatic carbocycles. The smallest absolute Gasteiger partial charge is 0.159 e. The van der Waals surface area contributed by atoms with Crippen LogP contribution in [0.1, 0.15) is 35.7 Å². The Morgan fingerprint density at radius 1 is 1.25 bits per heavy atom. The van der Waals surface area contributed by atoms with Crippen molar-refractivity contribution in [3.05, 3.63) is 35.4 Å². The maximum Gasteiger partial charge on any atom is 0.159 e. The molecule has 0 N–H and O–H groups in total. The van der Waals surface area contributed by atoms with E-state index in [-0.39, 0.29) is 17.5 Å². The van der Waals surface area contributed by atoms with Crippen molar-refractivity contribution in [3.63, 3.8) is 0 Å². The van der Waals surface area contributed by atoms with Crippen LogP contribution in [0.2, 0.25) is 0 Å². The summed E-state index contributed by atoms with van der Waals surface area (Å²) in [6, 6.07) is 7.09. The molecule has 16 heavy (non-hydrogen) atoms. The van der Waals surface area contributed by atoms with Gasteiger partial charge in [0, 0.05) is 11.8 Å². The molecular weight excluding hydrogens is 224 g/mol. The van der Waals surface area contributed by atoms with Gasteiger partial charge in [0.25, 0.3) is 0 Å². The second-order valence-corrected chi connectivity index (χ2v) is 6.36. The number of sulfone groups is 1. The Hall–Kier alpha value is -1.16. The lowest BCUT2D eigenvalue weighted by molar-refractivity contribution is 0.101. The van der Waals surface area contributed by atoms with Crippen LogP contribution in [-0.4, -0.2) is 26.2 Å². The molecule has 1 atom stereocenters. The molecule has 0 saturated heterocycles. The van der Waals surface area contributed by atoms with Crippen molar-refractivity contribution in [1.82, 2.24) is 0 Å². The number of hydrogen-bond donors (Lipinski definition) is 0. The van der Waals surface area contributed by atoms with E-state index in [0.29, 0.717) is 5.56 Å². The fraction of sp³-hybridized carbons (Fsp3) is 0.417. The largest absolute Gasteiger partial charge is 0.295 e. The molecule has 88 valence electrons. The van der Waals surface area contributed by atoms with Gasteiger partial charge in [0.05, 0.1) is 5.75 Å². The Labute approximate surface area is 96.4 Å². The predicted octanol–water partition coefficient (Wildman–Crippen LogP) is 2.04. The molecule has 0 fully saturated rings. The van der Waals surface area contributed by atoms with Crippen LogP contribution in [0.25, 0.3) is 0 Å². The molecule has 1 aromatic carbocycles. The molecule has 0 aliphatic heterocycles. The quantitative estimate of drug-likeness (QED) is 0.757. The Kier molecular flexibility index (Phi) is 3.86. The van der Waals surface area contributed by atoms with E-state index in [1.54, 1.807) is 12.1 Å². The number of rotatable bonds is 4. The Morgan fingerprint density at radius 2 is 1.75 bits per heavy atom. The summed E-state index contributed by atoms with van der Waals surface area (Å²) in [4.78, 5) is 11.1. The van der Waals surface area contributed by atoms with Crippen LogP contribution in [0, 0.1) is 0 Å². The first-order chi connectivity index (χ1) is 7.29. The lowest BCUT2D eigenvalue weighted by atomic mass is 10.0. The van der Waals surface area contributed by atoms with Crippen LogP contribution >= 0.6 is 0 Å². The van der Waals surface area contributed by atoms with Crippen LogP contribution in [0.5, 0.6) is 0 Å². The minimum Gasteiger partial charge on any atom is -0.295 e. The maximum absolute atomic E-state index is 11.1. The topological polar surface area (TPSA) is 51.2 Å². The van der Waals surface area contributed by atoms with E-state index in [0.717, 1.165) is 5.56 Å². The van der Waals surface area contributed by atoms with Gasteiger partial charge in [-0.3, -0.25) is 4.79 Å². The van der Waals surface area contributed by atoms with E-state index in [9.17, 15) is 13.2 Å². The van der Waals surface area contributed by atoms with E-state index in [1.807, 2.05) is 19.1 Å². The van der Waals surface area contributed by atoms with Crippen LogP contribution in [0.15, 0.2) is 24.3 Å². The van der Waals surface area contributed by atoms with Gasteiger partial charge in [0.1, 0.15) is 9.84 Å². The Balaban J connectivity index is 2.86. The molecule has 0 heterocycles. The van der Waals surface area contributed by atoms with Gasteiger partial charge in [-0.25, -0.2) is 8.42 Å². The molecule has 4 heteroatoms. The highest BCUT2D eigenvalue weighted by Crippen LogP contribution is 2.17. The highest BCUT2D eigenvalue weighted by molar-refractivity contribution is 7.90. The summed E-state index contributed by atoms with van der Waals surface area (Å²) in [6.45, 7) is 3.37. The zero-order valence-electron chi connectivity index (χ0n) is 9.73. The third-order valence-corrected chi connectivity index (χ3v) is 3.54. The van der Waals surface area contributed by atoms with Gasteiger partial charge in [-0.1, -0.05) is 31.2 Å². The molecule has 0 unspecified atom stereocenters. The lowest BCUT2D eigenvalue weighted by Gasteiger charge is -2.10. The third-order valence-electron chi connectivity index (χ3n) is 2.44. The summed E-state index contributed by atoms with van der Waals surface area (Å²) in [6.07, 6.45) is 1.23. The molecule has 0 spiro atoms. The lowest BCUT2D eigenvalue weighted by Crippen LogP contribution is -2.10. The number of benzene rings is 1. The van der Waals surface area contributed by atoms with Crippen LogP contribution in [-0.2, 0) is 9.84 Å². The second-order valence-electron chi connectivity index (χ2n) is 4.17. The fourth-order valence-corrected chi connectivity index (χ4v) is 2.70. The van der Waals surface area contributed by atoms with Gasteiger partial charge in [-0.05, 0) is 18.4 Å². The fourth-order valence-electron chi connectivity index (χ4n) is 1.60. The average molecular weight is 240 g/mol. The van der Waals surface area contributed by atoms with Gasteiger partial charge in [-0.2, -0.15) is 0 Å². The third kappa shape index (κ3) is 3.77. The molecule has 0 amide bonds. The Morgan fingerprint density at radius 3 is 2.12 bits per heavy atom. The normalized spacial score (nSPS) is 13.4. The molecule has 3 nitrogen and oxygen atoms in total. The van der Waals surface area contributed by atoms with Crippen LogP contribution in [0.4, 0.5) is 0 Å². The zero-order chi connectivity index (χ0) is 12.3. The molecule has 0 aromatic heterocycles. The standard InChI is InChI=1S/C12H16O3S/c1-9(8-16(3,14)15)11-4-6-12(7-5-11)10(2)13/h4-7,9H,8H2,1-3H3/t9-/m0/s1. The van der Waals surface area contributed by atoms with Crippen molar-refractivity contribution in [3.8, 4) is 0 Å². The van der Waals surface area contributed by atoms with E-state index >= 15 is 0 Å². The molecular formula is C12H16O3S. The number of Topliss-reactive ketones (excluding diaryl/α,β-unsaturated/α-hetero) is 1. The van der Waals surface area contributed by atoms with E-state index in [2.05, 4.69) is 0 Å². The summed E-state index contributed by atoms with van der Waals surface area (Å²) in [5, 5.41) is 0. The molecule has 0 aliphatic rings. The minimum absolute atomic E-state index is 0.0160. The van der Waals surface area contributed by atoms with Gasteiger partial charge in [0.2, 0.25) is 0 Å². The van der Waals surface area contributed by atoms with Crippen molar-refractivity contribution in [1.29, 1.82) is 0 Å². The second kappa shape index (κ2) is 4.78. The maximum atomic E-state index is 11.1. The minimum atomic E-state index is -2.96. The van der Waals surface area contributed by atoms with Gasteiger partial charge in [-0.15, -0.1) is 0 Å². The van der Waals surface area contributed by atoms with Crippen LogP contribution in [0.3, 0.4) is 0 Å². The molecule has 0 bridgehead atoms. The van der Waals surface area contributed by atoms with Crippen molar-refractivity contribution < 1.29 is 13.2 Å². The monoisotopic (exact) mass is 240 g/mol. The first-order valence-corrected chi connectivity index (χ1v) is 7.14. The SMILES string of the molecule is CC(=O)c1ccc([C@@H](C)CS(C)(=O)=O)cc1. The van der Waals surface area contributed by atoms with Crippen LogP contribution < -0.4 is 0 Å². The number of hydrogen-bond acceptors (Lipinski definition) is 3. The highest BCUT2D eigenvalue weighted by Gasteiger charge is 2.12. The first kappa shape index (κ1) is 12.9. The molecule has 1 rings (SSSR count). The van der Waals surface area contributed by atoms with E-state index < -0.39 is 9.84 Å². The first-order valence-electron chi connectivity index (χ1n) is 5.08. The molecule has 1 aromatic rings. The summed E-state index contributed by atoms with van der Waals surface area (Å²) >= 11 is 0. The zero-order valence-corrected chi connectivity index (χ0v) is 10.5. The van der Waals surface area contributed by atoms with E-state index in [4.69, 9.17) is 0 Å². The van der Waals surface area contributed by atoms with Gasteiger partial charge < -0.3 is 0 Å². The summed E-state index contributed by atoms with van der Waals surface area (Å²) in [5.74, 6) is 0.102.